The third kappa shape index (κ3) is 4.40. The van der Waals surface area contributed by atoms with Gasteiger partial charge in [0, 0.05) is 36.6 Å². The van der Waals surface area contributed by atoms with Gasteiger partial charge in [-0.05, 0) is 62.5 Å². The van der Waals surface area contributed by atoms with Crippen LogP contribution in [0.3, 0.4) is 0 Å². The van der Waals surface area contributed by atoms with Gasteiger partial charge in [0.05, 0.1) is 5.56 Å². The minimum atomic E-state index is -1.02. The van der Waals surface area contributed by atoms with Gasteiger partial charge in [0.25, 0.3) is 5.91 Å². The average molecular weight is 353 g/mol. The van der Waals surface area contributed by atoms with E-state index >= 15 is 0 Å². The highest BCUT2D eigenvalue weighted by atomic mass is 16.4. The summed E-state index contributed by atoms with van der Waals surface area (Å²) in [5.41, 5.74) is 2.27. The first-order chi connectivity index (χ1) is 12.5. The van der Waals surface area contributed by atoms with Gasteiger partial charge >= 0.3 is 5.97 Å². The van der Waals surface area contributed by atoms with E-state index in [-0.39, 0.29) is 11.5 Å². The molecule has 0 aromatic heterocycles. The maximum absolute atomic E-state index is 12.4. The van der Waals surface area contributed by atoms with E-state index in [0.29, 0.717) is 11.3 Å². The Morgan fingerprint density at radius 1 is 0.962 bits per heavy atom. The summed E-state index contributed by atoms with van der Waals surface area (Å²) in [5, 5.41) is 11.8. The summed E-state index contributed by atoms with van der Waals surface area (Å²) >= 11 is 0. The maximum Gasteiger partial charge on any atom is 0.335 e. The molecule has 0 atom stereocenters. The molecule has 1 saturated heterocycles. The maximum atomic E-state index is 12.4. The fourth-order valence-electron chi connectivity index (χ4n) is 3.06. The number of hydrogen-bond donors (Lipinski definition) is 2. The highest BCUT2D eigenvalue weighted by molar-refractivity contribution is 6.05. The second kappa shape index (κ2) is 8.01. The van der Waals surface area contributed by atoms with E-state index in [0.717, 1.165) is 38.3 Å². The van der Waals surface area contributed by atoms with E-state index < -0.39 is 5.97 Å². The fourth-order valence-corrected chi connectivity index (χ4v) is 3.06. The lowest BCUT2D eigenvalue weighted by molar-refractivity contribution is 0.0696. The zero-order chi connectivity index (χ0) is 18.5. The van der Waals surface area contributed by atoms with Crippen molar-refractivity contribution in [2.75, 3.05) is 43.4 Å². The second-order valence-corrected chi connectivity index (χ2v) is 6.53. The summed E-state index contributed by atoms with van der Waals surface area (Å²) in [6.07, 6.45) is 1.12. The Hall–Kier alpha value is -2.86. The largest absolute Gasteiger partial charge is 0.478 e. The number of anilines is 2. The predicted octanol–water partition coefficient (Wildman–Crippen LogP) is 2.78. The number of carbonyl (C=O) groups excluding carboxylic acids is 1. The van der Waals surface area contributed by atoms with E-state index in [4.69, 9.17) is 5.11 Å². The average Bonchev–Trinajstić information content (AvgIpc) is 2.86. The lowest BCUT2D eigenvalue weighted by atomic mass is 10.1. The van der Waals surface area contributed by atoms with Crippen molar-refractivity contribution in [2.24, 2.45) is 0 Å². The van der Waals surface area contributed by atoms with E-state index in [1.54, 1.807) is 24.3 Å². The molecule has 0 bridgehead atoms. The van der Waals surface area contributed by atoms with Crippen molar-refractivity contribution < 1.29 is 14.7 Å². The number of nitrogens with zero attached hydrogens (tertiary/aromatic N) is 2. The van der Waals surface area contributed by atoms with Crippen molar-refractivity contribution in [3.63, 3.8) is 0 Å². The van der Waals surface area contributed by atoms with Crippen LogP contribution in [-0.2, 0) is 0 Å². The Kier molecular flexibility index (Phi) is 5.53. The molecule has 1 fully saturated rings. The van der Waals surface area contributed by atoms with Crippen molar-refractivity contribution in [3.8, 4) is 0 Å². The number of carboxylic acids is 1. The number of benzene rings is 2. The third-order valence-corrected chi connectivity index (χ3v) is 4.58. The first kappa shape index (κ1) is 17.9. The topological polar surface area (TPSA) is 72.9 Å². The van der Waals surface area contributed by atoms with Gasteiger partial charge in [-0.2, -0.15) is 0 Å². The number of likely N-dealkylation sites (N-methyl/N-ethyl adjacent to an activating group) is 1. The van der Waals surface area contributed by atoms with Crippen molar-refractivity contribution in [1.82, 2.24) is 4.90 Å². The van der Waals surface area contributed by atoms with Crippen LogP contribution in [0.4, 0.5) is 11.4 Å². The Morgan fingerprint density at radius 3 is 2.46 bits per heavy atom. The molecular weight excluding hydrogens is 330 g/mol. The number of carboxylic acid groups (broad SMARTS) is 1. The molecule has 1 amide bonds. The Labute approximate surface area is 153 Å². The van der Waals surface area contributed by atoms with Crippen LogP contribution in [0, 0.1) is 0 Å². The van der Waals surface area contributed by atoms with Gasteiger partial charge in [-0.25, -0.2) is 4.79 Å². The first-order valence-electron chi connectivity index (χ1n) is 8.71. The van der Waals surface area contributed by atoms with Gasteiger partial charge < -0.3 is 20.2 Å². The molecule has 0 saturated carbocycles. The van der Waals surface area contributed by atoms with Crippen molar-refractivity contribution in [2.45, 2.75) is 6.42 Å². The van der Waals surface area contributed by atoms with Crippen LogP contribution >= 0.6 is 0 Å². The lowest BCUT2D eigenvalue weighted by Crippen LogP contribution is -2.28. The van der Waals surface area contributed by atoms with Crippen molar-refractivity contribution in [1.29, 1.82) is 0 Å². The van der Waals surface area contributed by atoms with Gasteiger partial charge in [0.15, 0.2) is 0 Å². The summed E-state index contributed by atoms with van der Waals surface area (Å²) in [7, 11) is 2.14. The van der Waals surface area contributed by atoms with E-state index in [9.17, 15) is 9.59 Å². The molecule has 1 aliphatic heterocycles. The van der Waals surface area contributed by atoms with Gasteiger partial charge in [-0.1, -0.05) is 6.07 Å². The standard InChI is InChI=1S/C20H23N3O3/c1-22-10-3-11-23(13-12-22)18-8-6-15(7-9-18)19(24)21-17-5-2-4-16(14-17)20(25)26/h2,4-9,14H,3,10-13H2,1H3,(H,21,24)(H,25,26). The normalized spacial score (nSPS) is 15.3. The van der Waals surface area contributed by atoms with Crippen LogP contribution in [0.25, 0.3) is 0 Å². The van der Waals surface area contributed by atoms with Crippen LogP contribution in [0.1, 0.15) is 27.1 Å². The zero-order valence-corrected chi connectivity index (χ0v) is 14.8. The summed E-state index contributed by atoms with van der Waals surface area (Å²) in [4.78, 5) is 28.1. The molecular formula is C20H23N3O3. The number of aromatic carboxylic acids is 1. The first-order valence-corrected chi connectivity index (χ1v) is 8.71. The number of carbonyl (C=O) groups is 2. The number of hydrogen-bond acceptors (Lipinski definition) is 4. The summed E-state index contributed by atoms with van der Waals surface area (Å²) < 4.78 is 0. The molecule has 2 N–H and O–H groups in total. The minimum absolute atomic E-state index is 0.143. The fraction of sp³-hybridized carbons (Fsp3) is 0.300. The van der Waals surface area contributed by atoms with Crippen LogP contribution in [0.2, 0.25) is 0 Å². The molecule has 1 aliphatic rings. The molecule has 3 rings (SSSR count). The van der Waals surface area contributed by atoms with Crippen molar-refractivity contribution >= 4 is 23.3 Å². The second-order valence-electron chi connectivity index (χ2n) is 6.53. The number of amides is 1. The van der Waals surface area contributed by atoms with Crippen LogP contribution < -0.4 is 10.2 Å². The summed E-state index contributed by atoms with van der Waals surface area (Å²) in [6.45, 7) is 4.12. The Morgan fingerprint density at radius 2 is 1.73 bits per heavy atom. The van der Waals surface area contributed by atoms with Gasteiger partial charge in [0.2, 0.25) is 0 Å². The lowest BCUT2D eigenvalue weighted by Gasteiger charge is -2.23. The zero-order valence-electron chi connectivity index (χ0n) is 14.8. The van der Waals surface area contributed by atoms with Crippen molar-refractivity contribution in [3.05, 3.63) is 59.7 Å². The molecule has 2 aromatic rings. The molecule has 0 unspecified atom stereocenters. The van der Waals surface area contributed by atoms with E-state index in [1.807, 2.05) is 12.1 Å². The molecule has 6 nitrogen and oxygen atoms in total. The molecule has 0 aliphatic carbocycles. The SMILES string of the molecule is CN1CCCN(c2ccc(C(=O)Nc3cccc(C(=O)O)c3)cc2)CC1. The number of nitrogens with one attached hydrogen (secondary N) is 1. The molecule has 2 aromatic carbocycles. The smallest absolute Gasteiger partial charge is 0.335 e. The summed E-state index contributed by atoms with van der Waals surface area (Å²) in [5.74, 6) is -1.27. The Balaban J connectivity index is 1.67. The summed E-state index contributed by atoms with van der Waals surface area (Å²) in [6, 6.07) is 13.8. The monoisotopic (exact) mass is 353 g/mol. The van der Waals surface area contributed by atoms with Gasteiger partial charge in [-0.15, -0.1) is 0 Å². The Bertz CT molecular complexity index is 789. The van der Waals surface area contributed by atoms with Crippen LogP contribution in [0.15, 0.2) is 48.5 Å². The molecule has 26 heavy (non-hydrogen) atoms. The van der Waals surface area contributed by atoms with Crippen LogP contribution in [-0.4, -0.2) is 55.1 Å². The molecule has 6 heteroatoms. The van der Waals surface area contributed by atoms with Gasteiger partial charge in [0.1, 0.15) is 0 Å². The van der Waals surface area contributed by atoms with Gasteiger partial charge in [-0.3, -0.25) is 4.79 Å². The quantitative estimate of drug-likeness (QED) is 0.884. The molecule has 0 radical (unpaired) electrons. The predicted molar refractivity (Wildman–Crippen MR) is 102 cm³/mol. The minimum Gasteiger partial charge on any atom is -0.478 e. The third-order valence-electron chi connectivity index (χ3n) is 4.58. The highest BCUT2D eigenvalue weighted by Crippen LogP contribution is 2.18. The molecule has 136 valence electrons. The molecule has 0 spiro atoms. The highest BCUT2D eigenvalue weighted by Gasteiger charge is 2.14. The molecule has 1 heterocycles. The van der Waals surface area contributed by atoms with E-state index in [1.165, 1.54) is 12.1 Å². The van der Waals surface area contributed by atoms with Crippen LogP contribution in [0.5, 0.6) is 0 Å². The number of rotatable bonds is 4. The van der Waals surface area contributed by atoms with E-state index in [2.05, 4.69) is 22.2 Å².